The molecule has 3 aromatic rings. The predicted octanol–water partition coefficient (Wildman–Crippen LogP) is 4.26. The van der Waals surface area contributed by atoms with Crippen LogP contribution < -0.4 is 5.32 Å². The van der Waals surface area contributed by atoms with Crippen LogP contribution in [0.25, 0.3) is 22.6 Å². The Labute approximate surface area is 176 Å². The Hall–Kier alpha value is -3.15. The van der Waals surface area contributed by atoms with Crippen LogP contribution in [0.2, 0.25) is 0 Å². The number of aromatic nitrogens is 1. The van der Waals surface area contributed by atoms with Gasteiger partial charge in [-0.2, -0.15) is 0 Å². The van der Waals surface area contributed by atoms with Crippen molar-refractivity contribution in [3.05, 3.63) is 54.1 Å². The maximum atomic E-state index is 13.0. The molecule has 1 aromatic heterocycles. The summed E-state index contributed by atoms with van der Waals surface area (Å²) >= 11 is 0. The number of benzene rings is 2. The maximum Gasteiger partial charge on any atom is 0.253 e. The molecule has 1 fully saturated rings. The van der Waals surface area contributed by atoms with Crippen LogP contribution in [-0.2, 0) is 4.79 Å². The molecule has 30 heavy (non-hydrogen) atoms. The quantitative estimate of drug-likeness (QED) is 0.688. The monoisotopic (exact) mass is 405 g/mol. The Bertz CT molecular complexity index is 1020. The van der Waals surface area contributed by atoms with E-state index in [-0.39, 0.29) is 29.8 Å². The summed E-state index contributed by atoms with van der Waals surface area (Å²) in [6.07, 6.45) is 2.37. The van der Waals surface area contributed by atoms with Gasteiger partial charge < -0.3 is 14.6 Å². The molecule has 1 aliphatic carbocycles. The van der Waals surface area contributed by atoms with E-state index in [2.05, 4.69) is 10.3 Å². The van der Waals surface area contributed by atoms with Gasteiger partial charge in [0.15, 0.2) is 5.58 Å². The highest BCUT2D eigenvalue weighted by molar-refractivity contribution is 5.95. The lowest BCUT2D eigenvalue weighted by Gasteiger charge is -2.25. The van der Waals surface area contributed by atoms with Gasteiger partial charge in [-0.1, -0.05) is 12.1 Å². The fraction of sp³-hybridized carbons (Fsp3) is 0.375. The number of oxazole rings is 1. The zero-order valence-electron chi connectivity index (χ0n) is 17.6. The molecule has 2 amide bonds. The molecule has 0 radical (unpaired) electrons. The first-order valence-electron chi connectivity index (χ1n) is 10.5. The predicted molar refractivity (Wildman–Crippen MR) is 116 cm³/mol. The Morgan fingerprint density at radius 1 is 1.10 bits per heavy atom. The number of hydrogen-bond donors (Lipinski definition) is 1. The number of fused-ring (bicyclic) bond motifs is 1. The normalized spacial score (nSPS) is 18.7. The van der Waals surface area contributed by atoms with Crippen molar-refractivity contribution in [2.45, 2.75) is 45.2 Å². The van der Waals surface area contributed by atoms with Crippen molar-refractivity contribution in [1.82, 2.24) is 15.2 Å². The molecule has 1 saturated carbocycles. The molecular formula is C24H27N3O3. The van der Waals surface area contributed by atoms with Gasteiger partial charge in [0.1, 0.15) is 5.52 Å². The molecule has 0 bridgehead atoms. The van der Waals surface area contributed by atoms with E-state index >= 15 is 0 Å². The highest BCUT2D eigenvalue weighted by atomic mass is 16.3. The van der Waals surface area contributed by atoms with E-state index in [0.717, 1.165) is 29.5 Å². The van der Waals surface area contributed by atoms with Crippen LogP contribution in [0.3, 0.4) is 0 Å². The van der Waals surface area contributed by atoms with Crippen molar-refractivity contribution in [2.24, 2.45) is 5.92 Å². The third-order valence-corrected chi connectivity index (χ3v) is 5.75. The first-order chi connectivity index (χ1) is 14.4. The lowest BCUT2D eigenvalue weighted by Crippen LogP contribution is -2.38. The van der Waals surface area contributed by atoms with Crippen LogP contribution in [0.15, 0.2) is 52.9 Å². The second-order valence-corrected chi connectivity index (χ2v) is 8.31. The largest absolute Gasteiger partial charge is 0.436 e. The summed E-state index contributed by atoms with van der Waals surface area (Å²) in [5, 5.41) is 2.98. The molecule has 1 aliphatic rings. The minimum atomic E-state index is -0.0333. The van der Waals surface area contributed by atoms with Crippen molar-refractivity contribution < 1.29 is 14.0 Å². The molecule has 1 N–H and O–H groups in total. The summed E-state index contributed by atoms with van der Waals surface area (Å²) in [5.41, 5.74) is 3.00. The smallest absolute Gasteiger partial charge is 0.253 e. The number of carbonyl (C=O) groups is 2. The molecule has 1 heterocycles. The summed E-state index contributed by atoms with van der Waals surface area (Å²) < 4.78 is 5.80. The minimum Gasteiger partial charge on any atom is -0.436 e. The lowest BCUT2D eigenvalue weighted by molar-refractivity contribution is -0.125. The van der Waals surface area contributed by atoms with E-state index in [1.807, 2.05) is 57.3 Å². The molecule has 6 heteroatoms. The first kappa shape index (κ1) is 20.1. The van der Waals surface area contributed by atoms with Crippen molar-refractivity contribution >= 4 is 22.9 Å². The summed E-state index contributed by atoms with van der Waals surface area (Å²) in [4.78, 5) is 31.5. The molecule has 0 aliphatic heterocycles. The highest BCUT2D eigenvalue weighted by Crippen LogP contribution is 2.30. The maximum absolute atomic E-state index is 13.0. The number of para-hydroxylation sites is 2. The number of hydrogen-bond acceptors (Lipinski definition) is 4. The van der Waals surface area contributed by atoms with Crippen LogP contribution in [0.5, 0.6) is 0 Å². The van der Waals surface area contributed by atoms with Crippen molar-refractivity contribution in [3.63, 3.8) is 0 Å². The number of nitrogens with zero attached hydrogens (tertiary/aromatic N) is 2. The molecule has 2 atom stereocenters. The molecule has 6 nitrogen and oxygen atoms in total. The van der Waals surface area contributed by atoms with Crippen LogP contribution in [-0.4, -0.2) is 40.8 Å². The second-order valence-electron chi connectivity index (χ2n) is 8.31. The lowest BCUT2D eigenvalue weighted by atomic mass is 10.1. The van der Waals surface area contributed by atoms with E-state index < -0.39 is 0 Å². The summed E-state index contributed by atoms with van der Waals surface area (Å²) in [6.45, 7) is 3.93. The molecule has 156 valence electrons. The Kier molecular flexibility index (Phi) is 5.57. The summed E-state index contributed by atoms with van der Waals surface area (Å²) in [7, 11) is 1.82. The van der Waals surface area contributed by atoms with Gasteiger partial charge in [-0.3, -0.25) is 9.59 Å². The SMILES string of the molecule is CC(C)NC(=O)C1CC[C@@H](N(C)C(=O)c2ccc(-c3nc4ccccc4o3)cc2)C1. The molecule has 1 unspecified atom stereocenters. The van der Waals surface area contributed by atoms with Gasteiger partial charge in [0.2, 0.25) is 11.8 Å². The van der Waals surface area contributed by atoms with Crippen LogP contribution in [0.4, 0.5) is 0 Å². The number of carbonyl (C=O) groups excluding carboxylic acids is 2. The average molecular weight is 405 g/mol. The van der Waals surface area contributed by atoms with Gasteiger partial charge >= 0.3 is 0 Å². The molecule has 0 saturated heterocycles. The standard InChI is InChI=1S/C24H27N3O3/c1-15(2)25-22(28)18-12-13-19(14-18)27(3)24(29)17-10-8-16(9-11-17)23-26-20-6-4-5-7-21(20)30-23/h4-11,15,18-19H,12-14H2,1-3H3,(H,25,28)/t18?,19-/m1/s1. The van der Waals surface area contributed by atoms with Crippen molar-refractivity contribution in [3.8, 4) is 11.5 Å². The van der Waals surface area contributed by atoms with Crippen LogP contribution >= 0.6 is 0 Å². The van der Waals surface area contributed by atoms with E-state index in [4.69, 9.17) is 4.42 Å². The Morgan fingerprint density at radius 3 is 2.53 bits per heavy atom. The van der Waals surface area contributed by atoms with E-state index in [1.54, 1.807) is 17.0 Å². The molecule has 2 aromatic carbocycles. The van der Waals surface area contributed by atoms with E-state index in [9.17, 15) is 9.59 Å². The van der Waals surface area contributed by atoms with Gasteiger partial charge in [0.05, 0.1) is 0 Å². The summed E-state index contributed by atoms with van der Waals surface area (Å²) in [6, 6.07) is 15.2. The number of amides is 2. The average Bonchev–Trinajstić information content (AvgIpc) is 3.39. The molecule has 4 rings (SSSR count). The fourth-order valence-corrected chi connectivity index (χ4v) is 4.07. The number of nitrogens with one attached hydrogen (secondary N) is 1. The van der Waals surface area contributed by atoms with E-state index in [1.165, 1.54) is 0 Å². The first-order valence-corrected chi connectivity index (χ1v) is 10.5. The molecular weight excluding hydrogens is 378 g/mol. The van der Waals surface area contributed by atoms with Gasteiger partial charge in [-0.05, 0) is 69.5 Å². The third kappa shape index (κ3) is 4.08. The van der Waals surface area contributed by atoms with E-state index in [0.29, 0.717) is 17.9 Å². The van der Waals surface area contributed by atoms with Crippen molar-refractivity contribution in [2.75, 3.05) is 7.05 Å². The topological polar surface area (TPSA) is 75.4 Å². The van der Waals surface area contributed by atoms with Gasteiger partial charge in [-0.25, -0.2) is 4.98 Å². The Balaban J connectivity index is 1.42. The van der Waals surface area contributed by atoms with Gasteiger partial charge in [0, 0.05) is 36.2 Å². The fourth-order valence-electron chi connectivity index (χ4n) is 4.07. The minimum absolute atomic E-state index is 0.0193. The van der Waals surface area contributed by atoms with Crippen LogP contribution in [0.1, 0.15) is 43.5 Å². The van der Waals surface area contributed by atoms with Gasteiger partial charge in [0.25, 0.3) is 5.91 Å². The Morgan fingerprint density at radius 2 is 1.83 bits per heavy atom. The second kappa shape index (κ2) is 8.30. The highest BCUT2D eigenvalue weighted by Gasteiger charge is 2.34. The zero-order valence-corrected chi connectivity index (χ0v) is 17.6. The van der Waals surface area contributed by atoms with Crippen LogP contribution in [0, 0.1) is 5.92 Å². The zero-order chi connectivity index (χ0) is 21.3. The summed E-state index contributed by atoms with van der Waals surface area (Å²) in [5.74, 6) is 0.581. The number of rotatable bonds is 5. The third-order valence-electron chi connectivity index (χ3n) is 5.75. The molecule has 0 spiro atoms. The van der Waals surface area contributed by atoms with Crippen molar-refractivity contribution in [1.29, 1.82) is 0 Å². The van der Waals surface area contributed by atoms with Gasteiger partial charge in [-0.15, -0.1) is 0 Å².